The molecule has 0 spiro atoms. The Morgan fingerprint density at radius 2 is 1.70 bits per heavy atom. The fourth-order valence-electron chi connectivity index (χ4n) is 5.08. The molecular formula is C23H32N2O4S. The van der Waals surface area contributed by atoms with Gasteiger partial charge in [0.15, 0.2) is 6.29 Å². The molecule has 2 aromatic rings. The predicted octanol–water partition coefficient (Wildman–Crippen LogP) is 2.75. The lowest BCUT2D eigenvalue weighted by atomic mass is 9.98. The van der Waals surface area contributed by atoms with E-state index in [1.165, 1.54) is 11.3 Å². The van der Waals surface area contributed by atoms with E-state index < -0.39 is 16.3 Å². The van der Waals surface area contributed by atoms with Crippen molar-refractivity contribution in [2.24, 2.45) is 0 Å². The van der Waals surface area contributed by atoms with Crippen molar-refractivity contribution in [1.82, 2.24) is 8.87 Å². The summed E-state index contributed by atoms with van der Waals surface area (Å²) in [6.45, 7) is 3.36. The van der Waals surface area contributed by atoms with Crippen molar-refractivity contribution in [3.8, 4) is 0 Å². The van der Waals surface area contributed by atoms with Gasteiger partial charge in [0.25, 0.3) is 0 Å². The van der Waals surface area contributed by atoms with Crippen LogP contribution in [0.1, 0.15) is 60.2 Å². The topological polar surface area (TPSA) is 82.8 Å². The Kier molecular flexibility index (Phi) is 6.34. The molecule has 0 unspecified atom stereocenters. The van der Waals surface area contributed by atoms with Gasteiger partial charge in [-0.25, -0.2) is 8.42 Å². The van der Waals surface area contributed by atoms with Gasteiger partial charge in [-0.15, -0.1) is 0 Å². The second kappa shape index (κ2) is 8.83. The molecule has 164 valence electrons. The summed E-state index contributed by atoms with van der Waals surface area (Å²) in [5, 5.41) is 19.2. The standard InChI is InChI=1S/C23H32N2O4S/c1-17-20(19-10-3-2-4-11-21(19)25(17)16-23(26)27)15-18-9-5-6-12-22(18)30(28,29)24-13-7-8-14-24/h5-6,9,12,23,26-27H,2-4,7-8,10-11,13-16H2,1H3. The zero-order chi connectivity index (χ0) is 21.3. The van der Waals surface area contributed by atoms with Crippen molar-refractivity contribution in [3.63, 3.8) is 0 Å². The van der Waals surface area contributed by atoms with Crippen molar-refractivity contribution in [2.75, 3.05) is 13.1 Å². The maximum atomic E-state index is 13.3. The Labute approximate surface area is 179 Å². The number of fused-ring (bicyclic) bond motifs is 1. The van der Waals surface area contributed by atoms with E-state index in [0.29, 0.717) is 24.4 Å². The Balaban J connectivity index is 1.76. The fraction of sp³-hybridized carbons (Fsp3) is 0.565. The lowest BCUT2D eigenvalue weighted by molar-refractivity contribution is -0.0520. The molecule has 2 heterocycles. The molecule has 2 N–H and O–H groups in total. The average molecular weight is 433 g/mol. The summed E-state index contributed by atoms with van der Waals surface area (Å²) in [4.78, 5) is 0.406. The van der Waals surface area contributed by atoms with E-state index in [0.717, 1.165) is 61.8 Å². The minimum absolute atomic E-state index is 0.155. The summed E-state index contributed by atoms with van der Waals surface area (Å²) in [6, 6.07) is 7.35. The summed E-state index contributed by atoms with van der Waals surface area (Å²) >= 11 is 0. The third-order valence-corrected chi connectivity index (χ3v) is 8.59. The van der Waals surface area contributed by atoms with E-state index in [1.54, 1.807) is 16.4 Å². The molecule has 6 nitrogen and oxygen atoms in total. The summed E-state index contributed by atoms with van der Waals surface area (Å²) in [6.07, 6.45) is 6.23. The summed E-state index contributed by atoms with van der Waals surface area (Å²) in [7, 11) is -3.50. The smallest absolute Gasteiger partial charge is 0.243 e. The highest BCUT2D eigenvalue weighted by atomic mass is 32.2. The van der Waals surface area contributed by atoms with Crippen LogP contribution >= 0.6 is 0 Å². The van der Waals surface area contributed by atoms with Crippen LogP contribution in [-0.4, -0.2) is 46.9 Å². The van der Waals surface area contributed by atoms with Crippen molar-refractivity contribution in [2.45, 2.75) is 76.0 Å². The van der Waals surface area contributed by atoms with Crippen molar-refractivity contribution < 1.29 is 18.6 Å². The molecule has 0 radical (unpaired) electrons. The Morgan fingerprint density at radius 1 is 1.00 bits per heavy atom. The van der Waals surface area contributed by atoms with Crippen LogP contribution in [0.15, 0.2) is 29.2 Å². The highest BCUT2D eigenvalue weighted by Crippen LogP contribution is 2.33. The summed E-state index contributed by atoms with van der Waals surface area (Å²) in [5.74, 6) is 0. The second-order valence-electron chi connectivity index (χ2n) is 8.54. The number of nitrogens with zero attached hydrogens (tertiary/aromatic N) is 2. The van der Waals surface area contributed by atoms with E-state index in [9.17, 15) is 18.6 Å². The largest absolute Gasteiger partial charge is 0.367 e. The molecule has 1 saturated heterocycles. The number of rotatable bonds is 6. The minimum atomic E-state index is -3.50. The molecule has 0 saturated carbocycles. The van der Waals surface area contributed by atoms with E-state index in [-0.39, 0.29) is 6.54 Å². The maximum Gasteiger partial charge on any atom is 0.243 e. The number of aliphatic hydroxyl groups excluding tert-OH is 1. The van der Waals surface area contributed by atoms with E-state index in [4.69, 9.17) is 0 Å². The van der Waals surface area contributed by atoms with Crippen molar-refractivity contribution in [3.05, 3.63) is 52.3 Å². The molecule has 1 aliphatic heterocycles. The normalized spacial score (nSPS) is 18.0. The monoisotopic (exact) mass is 432 g/mol. The highest BCUT2D eigenvalue weighted by molar-refractivity contribution is 7.89. The molecule has 1 aromatic heterocycles. The summed E-state index contributed by atoms with van der Waals surface area (Å²) < 4.78 is 30.2. The fourth-order valence-corrected chi connectivity index (χ4v) is 6.82. The third-order valence-electron chi connectivity index (χ3n) is 6.59. The molecule has 0 atom stereocenters. The van der Waals surface area contributed by atoms with E-state index >= 15 is 0 Å². The first kappa shape index (κ1) is 21.6. The van der Waals surface area contributed by atoms with Crippen LogP contribution < -0.4 is 0 Å². The lowest BCUT2D eigenvalue weighted by Crippen LogP contribution is -2.28. The first-order chi connectivity index (χ1) is 14.4. The van der Waals surface area contributed by atoms with Gasteiger partial charge < -0.3 is 14.8 Å². The van der Waals surface area contributed by atoms with Crippen LogP contribution in [0.5, 0.6) is 0 Å². The van der Waals surface area contributed by atoms with Gasteiger partial charge in [-0.05, 0) is 68.2 Å². The van der Waals surface area contributed by atoms with Crippen LogP contribution in [0, 0.1) is 6.92 Å². The highest BCUT2D eigenvalue weighted by Gasteiger charge is 2.30. The molecule has 7 heteroatoms. The Morgan fingerprint density at radius 3 is 2.43 bits per heavy atom. The van der Waals surface area contributed by atoms with Gasteiger partial charge in [0.05, 0.1) is 11.4 Å². The molecule has 1 aromatic carbocycles. The lowest BCUT2D eigenvalue weighted by Gasteiger charge is -2.18. The van der Waals surface area contributed by atoms with Gasteiger partial charge in [0.1, 0.15) is 0 Å². The maximum absolute atomic E-state index is 13.3. The molecule has 1 aliphatic carbocycles. The van der Waals surface area contributed by atoms with Gasteiger partial charge in [0.2, 0.25) is 10.0 Å². The molecule has 4 rings (SSSR count). The Hall–Kier alpha value is -1.67. The predicted molar refractivity (Wildman–Crippen MR) is 116 cm³/mol. The van der Waals surface area contributed by atoms with Gasteiger partial charge in [0, 0.05) is 30.9 Å². The molecule has 2 aliphatic rings. The van der Waals surface area contributed by atoms with Crippen LogP contribution in [0.3, 0.4) is 0 Å². The molecule has 1 fully saturated rings. The number of sulfonamides is 1. The zero-order valence-corrected chi connectivity index (χ0v) is 18.5. The van der Waals surface area contributed by atoms with Gasteiger partial charge in [-0.2, -0.15) is 4.31 Å². The van der Waals surface area contributed by atoms with Crippen LogP contribution in [0.25, 0.3) is 0 Å². The van der Waals surface area contributed by atoms with Crippen molar-refractivity contribution >= 4 is 10.0 Å². The quantitative estimate of drug-likeness (QED) is 0.543. The minimum Gasteiger partial charge on any atom is -0.367 e. The molecule has 30 heavy (non-hydrogen) atoms. The van der Waals surface area contributed by atoms with Crippen LogP contribution in [-0.2, 0) is 35.8 Å². The molecule has 0 bridgehead atoms. The van der Waals surface area contributed by atoms with Gasteiger partial charge >= 0.3 is 0 Å². The second-order valence-corrected chi connectivity index (χ2v) is 10.4. The third kappa shape index (κ3) is 4.08. The number of benzene rings is 1. The first-order valence-electron chi connectivity index (χ1n) is 11.0. The molecule has 0 amide bonds. The Bertz CT molecular complexity index is 1000. The number of aromatic nitrogens is 1. The number of hydrogen-bond acceptors (Lipinski definition) is 4. The first-order valence-corrected chi connectivity index (χ1v) is 12.5. The van der Waals surface area contributed by atoms with Crippen molar-refractivity contribution in [1.29, 1.82) is 0 Å². The van der Waals surface area contributed by atoms with Gasteiger partial charge in [-0.1, -0.05) is 24.6 Å². The number of hydrogen-bond donors (Lipinski definition) is 2. The van der Waals surface area contributed by atoms with Crippen LogP contribution in [0.4, 0.5) is 0 Å². The van der Waals surface area contributed by atoms with Gasteiger partial charge in [-0.3, -0.25) is 0 Å². The SMILES string of the molecule is Cc1c(Cc2ccccc2S(=O)(=O)N2CCCC2)c2c(n1CC(O)O)CCCCC2. The summed E-state index contributed by atoms with van der Waals surface area (Å²) in [5.41, 5.74) is 5.45. The zero-order valence-electron chi connectivity index (χ0n) is 17.7. The average Bonchev–Trinajstić information content (AvgIpc) is 3.25. The van der Waals surface area contributed by atoms with E-state index in [2.05, 4.69) is 0 Å². The number of aliphatic hydroxyl groups is 2. The van der Waals surface area contributed by atoms with E-state index in [1.807, 2.05) is 23.6 Å². The van der Waals surface area contributed by atoms with Crippen LogP contribution in [0.2, 0.25) is 0 Å². The molecular weight excluding hydrogens is 400 g/mol.